The summed E-state index contributed by atoms with van der Waals surface area (Å²) in [4.78, 5) is 10.7. The predicted molar refractivity (Wildman–Crippen MR) is 132 cm³/mol. The summed E-state index contributed by atoms with van der Waals surface area (Å²) in [5.74, 6) is 0. The van der Waals surface area contributed by atoms with Gasteiger partial charge in [-0.3, -0.25) is 9.97 Å². The van der Waals surface area contributed by atoms with Crippen LogP contribution in [0.4, 0.5) is 0 Å². The third-order valence-corrected chi connectivity index (χ3v) is 7.69. The number of fused-ring (bicyclic) bond motifs is 6. The lowest BCUT2D eigenvalue weighted by atomic mass is 9.82. The van der Waals surface area contributed by atoms with Gasteiger partial charge in [0, 0.05) is 40.0 Å². The lowest BCUT2D eigenvalue weighted by Crippen LogP contribution is -2.12. The van der Waals surface area contributed by atoms with E-state index in [1.54, 1.807) is 0 Å². The maximum absolute atomic E-state index is 4.90. The van der Waals surface area contributed by atoms with Crippen LogP contribution in [0.5, 0.6) is 0 Å². The van der Waals surface area contributed by atoms with Crippen molar-refractivity contribution in [1.29, 1.82) is 0 Å². The summed E-state index contributed by atoms with van der Waals surface area (Å²) in [6.45, 7) is 6.88. The van der Waals surface area contributed by atoms with E-state index in [9.17, 15) is 0 Å². The van der Waals surface area contributed by atoms with Gasteiger partial charge in [-0.15, -0.1) is 11.3 Å². The molecule has 0 spiro atoms. The van der Waals surface area contributed by atoms with Gasteiger partial charge >= 0.3 is 0 Å². The number of hydrogen-bond donors (Lipinski definition) is 0. The van der Waals surface area contributed by atoms with Crippen LogP contribution in [0, 0.1) is 0 Å². The Bertz CT molecular complexity index is 1470. The van der Waals surface area contributed by atoms with Gasteiger partial charge in [0.2, 0.25) is 0 Å². The first-order chi connectivity index (χ1) is 15.0. The highest BCUT2D eigenvalue weighted by molar-refractivity contribution is 7.20. The fraction of sp³-hybridized carbons (Fsp3) is 0.214. The molecule has 0 unspecified atom stereocenters. The van der Waals surface area contributed by atoms with E-state index in [2.05, 4.69) is 74.3 Å². The average molecular weight is 421 g/mol. The van der Waals surface area contributed by atoms with E-state index in [1.807, 2.05) is 29.9 Å². The van der Waals surface area contributed by atoms with E-state index >= 15 is 0 Å². The van der Waals surface area contributed by atoms with E-state index in [0.29, 0.717) is 0 Å². The van der Waals surface area contributed by atoms with E-state index < -0.39 is 0 Å². The maximum Gasteiger partial charge on any atom is 0.0880 e. The second-order valence-corrected chi connectivity index (χ2v) is 10.6. The van der Waals surface area contributed by atoms with Crippen LogP contribution in [-0.4, -0.2) is 9.97 Å². The van der Waals surface area contributed by atoms with Crippen molar-refractivity contribution in [2.75, 3.05) is 0 Å². The number of hydrogen-bond acceptors (Lipinski definition) is 3. The molecule has 2 nitrogen and oxygen atoms in total. The minimum Gasteiger partial charge on any atom is -0.264 e. The average Bonchev–Trinajstić information content (AvgIpc) is 3.17. The van der Waals surface area contributed by atoms with Crippen molar-refractivity contribution in [3.05, 3.63) is 83.1 Å². The number of rotatable bonds is 1. The molecule has 0 fully saturated rings. The third kappa shape index (κ3) is 2.91. The van der Waals surface area contributed by atoms with Gasteiger partial charge in [0.25, 0.3) is 0 Å². The Morgan fingerprint density at radius 3 is 2.65 bits per heavy atom. The molecule has 3 heteroatoms. The SMILES string of the molecule is CC(C)(C)c1cc(-c2nccc3c4c(sc23)CCc2cnccc2-4)cc2ccccc12. The fourth-order valence-corrected chi connectivity index (χ4v) is 6.26. The fourth-order valence-electron chi connectivity index (χ4n) is 4.94. The van der Waals surface area contributed by atoms with Crippen LogP contribution in [0.3, 0.4) is 0 Å². The summed E-state index contributed by atoms with van der Waals surface area (Å²) in [6, 6.07) is 17.8. The van der Waals surface area contributed by atoms with Gasteiger partial charge in [0.05, 0.1) is 10.4 Å². The lowest BCUT2D eigenvalue weighted by molar-refractivity contribution is 0.596. The molecule has 31 heavy (non-hydrogen) atoms. The second-order valence-electron chi connectivity index (χ2n) is 9.46. The van der Waals surface area contributed by atoms with Crippen molar-refractivity contribution in [3.63, 3.8) is 0 Å². The minimum absolute atomic E-state index is 0.0597. The molecule has 152 valence electrons. The quantitative estimate of drug-likeness (QED) is 0.279. The van der Waals surface area contributed by atoms with Crippen LogP contribution in [0.25, 0.3) is 43.2 Å². The number of nitrogens with zero attached hydrogens (tertiary/aromatic N) is 2. The minimum atomic E-state index is 0.0597. The topological polar surface area (TPSA) is 25.8 Å². The van der Waals surface area contributed by atoms with Crippen LogP contribution in [0.2, 0.25) is 0 Å². The van der Waals surface area contributed by atoms with Crippen LogP contribution in [0.15, 0.2) is 67.1 Å². The molecule has 1 aliphatic carbocycles. The molecule has 6 rings (SSSR count). The van der Waals surface area contributed by atoms with Crippen molar-refractivity contribution in [2.24, 2.45) is 0 Å². The summed E-state index contributed by atoms with van der Waals surface area (Å²) < 4.78 is 1.30. The van der Waals surface area contributed by atoms with E-state index in [1.165, 1.54) is 53.6 Å². The van der Waals surface area contributed by atoms with Gasteiger partial charge in [-0.25, -0.2) is 0 Å². The van der Waals surface area contributed by atoms with Crippen molar-refractivity contribution < 1.29 is 0 Å². The second kappa shape index (κ2) is 6.73. The van der Waals surface area contributed by atoms with Gasteiger partial charge in [-0.2, -0.15) is 0 Å². The molecule has 3 heterocycles. The highest BCUT2D eigenvalue weighted by Crippen LogP contribution is 2.46. The molecule has 0 aliphatic heterocycles. The monoisotopic (exact) mass is 420 g/mol. The van der Waals surface area contributed by atoms with Crippen molar-refractivity contribution in [3.8, 4) is 22.4 Å². The molecule has 0 radical (unpaired) electrons. The van der Waals surface area contributed by atoms with Crippen LogP contribution in [0.1, 0.15) is 36.8 Å². The number of aryl methyl sites for hydroxylation is 2. The lowest BCUT2D eigenvalue weighted by Gasteiger charge is -2.22. The Hall–Kier alpha value is -3.04. The highest BCUT2D eigenvalue weighted by atomic mass is 32.1. The first kappa shape index (κ1) is 18.7. The van der Waals surface area contributed by atoms with E-state index in [-0.39, 0.29) is 5.41 Å². The molecule has 0 saturated carbocycles. The summed E-state index contributed by atoms with van der Waals surface area (Å²) in [5, 5.41) is 3.93. The Labute approximate surface area is 186 Å². The standard InChI is InChI=1S/C28H24N2S/c1-28(2,3)23-15-19(14-17-6-4-5-7-20(17)23)26-27-22(11-13-30-26)25-21-10-12-29-16-18(21)8-9-24(25)31-27/h4-7,10-16H,8-9H2,1-3H3. The first-order valence-electron chi connectivity index (χ1n) is 10.9. The van der Waals surface area contributed by atoms with Gasteiger partial charge < -0.3 is 0 Å². The molecule has 1 aliphatic rings. The Morgan fingerprint density at radius 1 is 0.903 bits per heavy atom. The Balaban J connectivity index is 1.64. The molecule has 5 aromatic rings. The molecular weight excluding hydrogens is 396 g/mol. The summed E-state index contributed by atoms with van der Waals surface area (Å²) in [7, 11) is 0. The van der Waals surface area contributed by atoms with Gasteiger partial charge in [0.1, 0.15) is 0 Å². The van der Waals surface area contributed by atoms with E-state index in [0.717, 1.165) is 18.5 Å². The van der Waals surface area contributed by atoms with Gasteiger partial charge in [-0.05, 0) is 70.0 Å². The third-order valence-electron chi connectivity index (χ3n) is 6.42. The van der Waals surface area contributed by atoms with Crippen molar-refractivity contribution in [2.45, 2.75) is 39.0 Å². The number of aromatic nitrogens is 2. The molecular formula is C28H24N2S. The van der Waals surface area contributed by atoms with Gasteiger partial charge in [-0.1, -0.05) is 45.0 Å². The molecule has 2 aromatic carbocycles. The van der Waals surface area contributed by atoms with Crippen molar-refractivity contribution >= 4 is 32.2 Å². The zero-order valence-electron chi connectivity index (χ0n) is 18.1. The first-order valence-corrected chi connectivity index (χ1v) is 11.7. The normalized spacial score (nSPS) is 13.4. The Kier molecular flexibility index (Phi) is 4.06. The smallest absolute Gasteiger partial charge is 0.0880 e. The van der Waals surface area contributed by atoms with Crippen LogP contribution >= 0.6 is 11.3 Å². The number of benzene rings is 2. The summed E-state index contributed by atoms with van der Waals surface area (Å²) >= 11 is 1.92. The van der Waals surface area contributed by atoms with Crippen LogP contribution < -0.4 is 0 Å². The summed E-state index contributed by atoms with van der Waals surface area (Å²) in [6.07, 6.45) is 8.07. The zero-order valence-corrected chi connectivity index (χ0v) is 18.9. The molecule has 0 atom stereocenters. The Morgan fingerprint density at radius 2 is 1.77 bits per heavy atom. The molecule has 0 N–H and O–H groups in total. The van der Waals surface area contributed by atoms with E-state index in [4.69, 9.17) is 4.98 Å². The predicted octanol–water partition coefficient (Wildman–Crippen LogP) is 7.57. The van der Waals surface area contributed by atoms with Gasteiger partial charge in [0.15, 0.2) is 0 Å². The number of thiophene rings is 1. The van der Waals surface area contributed by atoms with Crippen LogP contribution in [-0.2, 0) is 18.3 Å². The zero-order chi connectivity index (χ0) is 21.2. The largest absolute Gasteiger partial charge is 0.264 e. The maximum atomic E-state index is 4.90. The summed E-state index contributed by atoms with van der Waals surface area (Å²) in [5.41, 5.74) is 7.83. The molecule has 0 amide bonds. The molecule has 0 bridgehead atoms. The molecule has 3 aromatic heterocycles. The highest BCUT2D eigenvalue weighted by Gasteiger charge is 2.24. The van der Waals surface area contributed by atoms with Crippen molar-refractivity contribution in [1.82, 2.24) is 9.97 Å². The number of pyridine rings is 2. The molecule has 0 saturated heterocycles.